The van der Waals surface area contributed by atoms with Crippen molar-refractivity contribution < 1.29 is 9.53 Å². The Hall–Kier alpha value is -3.52. The van der Waals surface area contributed by atoms with E-state index in [2.05, 4.69) is 33.7 Å². The number of amides is 1. The molecule has 1 amide bonds. The summed E-state index contributed by atoms with van der Waals surface area (Å²) in [6.07, 6.45) is 5.50. The Morgan fingerprint density at radius 2 is 2.09 bits per heavy atom. The highest BCUT2D eigenvalue weighted by atomic mass is 16.5. The van der Waals surface area contributed by atoms with Gasteiger partial charge in [-0.15, -0.1) is 0 Å². The second-order valence-electron chi connectivity index (χ2n) is 8.68. The summed E-state index contributed by atoms with van der Waals surface area (Å²) in [5.74, 6) is 2.31. The standard InChI is InChI=1S/C25H30N6O2/c1-4-26-24(28-19-10-12-20(13-11-19)30-15-7-9-23(30)32)29-22-16-25(2,18-33-3)17-31(22)21-8-5-6-14-27-21/h4-6,8,10-14H,1,7,9,15-18H2,2-3H3,(H,26,28)/b29-22+/t25-/m0/s1. The number of anilines is 3. The first-order valence-corrected chi connectivity index (χ1v) is 11.1. The highest BCUT2D eigenvalue weighted by Gasteiger charge is 2.39. The lowest BCUT2D eigenvalue weighted by Gasteiger charge is -2.23. The maximum Gasteiger partial charge on any atom is 0.228 e. The fourth-order valence-corrected chi connectivity index (χ4v) is 4.35. The number of pyridine rings is 1. The van der Waals surface area contributed by atoms with E-state index in [1.165, 1.54) is 6.20 Å². The zero-order chi connectivity index (χ0) is 23.3. The number of carbonyl (C=O) groups excluding carboxylic acids is 1. The monoisotopic (exact) mass is 446 g/mol. The molecule has 4 rings (SSSR count). The fourth-order valence-electron chi connectivity index (χ4n) is 4.35. The summed E-state index contributed by atoms with van der Waals surface area (Å²) in [5.41, 5.74) is 1.65. The molecule has 0 aliphatic carbocycles. The number of benzene rings is 1. The summed E-state index contributed by atoms with van der Waals surface area (Å²) < 4.78 is 5.48. The molecule has 33 heavy (non-hydrogen) atoms. The van der Waals surface area contributed by atoms with E-state index < -0.39 is 0 Å². The molecule has 0 saturated carbocycles. The van der Waals surface area contributed by atoms with Crippen LogP contribution in [0.4, 0.5) is 17.2 Å². The minimum absolute atomic E-state index is 0.0890. The number of nitrogens with zero attached hydrogens (tertiary/aromatic N) is 5. The number of hydrogen-bond acceptors (Lipinski definition) is 4. The number of carbonyl (C=O) groups is 1. The van der Waals surface area contributed by atoms with Crippen LogP contribution in [-0.2, 0) is 9.53 Å². The van der Waals surface area contributed by atoms with Crippen molar-refractivity contribution in [2.45, 2.75) is 26.2 Å². The molecule has 2 aliphatic heterocycles. The van der Waals surface area contributed by atoms with Crippen molar-refractivity contribution in [2.75, 3.05) is 41.9 Å². The van der Waals surface area contributed by atoms with E-state index >= 15 is 0 Å². The highest BCUT2D eigenvalue weighted by molar-refractivity contribution is 6.09. The zero-order valence-electron chi connectivity index (χ0n) is 19.2. The van der Waals surface area contributed by atoms with Gasteiger partial charge in [0.15, 0.2) is 0 Å². The Balaban J connectivity index is 1.57. The smallest absolute Gasteiger partial charge is 0.228 e. The summed E-state index contributed by atoms with van der Waals surface area (Å²) in [4.78, 5) is 29.7. The van der Waals surface area contributed by atoms with Gasteiger partial charge in [0.05, 0.1) is 6.61 Å². The second-order valence-corrected chi connectivity index (χ2v) is 8.68. The van der Waals surface area contributed by atoms with E-state index in [9.17, 15) is 4.79 Å². The van der Waals surface area contributed by atoms with Crippen LogP contribution in [0.2, 0.25) is 0 Å². The highest BCUT2D eigenvalue weighted by Crippen LogP contribution is 2.34. The number of amidine groups is 1. The molecule has 8 nitrogen and oxygen atoms in total. The minimum Gasteiger partial charge on any atom is -0.384 e. The average molecular weight is 447 g/mol. The Labute approximate surface area is 194 Å². The molecule has 1 N–H and O–H groups in total. The number of aliphatic imine (C=N–C) groups is 2. The molecule has 1 aromatic heterocycles. The third-order valence-corrected chi connectivity index (χ3v) is 5.81. The van der Waals surface area contributed by atoms with E-state index in [0.717, 1.165) is 49.0 Å². The van der Waals surface area contributed by atoms with Crippen LogP contribution < -0.4 is 15.1 Å². The predicted octanol–water partition coefficient (Wildman–Crippen LogP) is 4.08. The number of methoxy groups -OCH3 is 1. The molecule has 2 aromatic rings. The van der Waals surface area contributed by atoms with Gasteiger partial charge in [-0.3, -0.25) is 4.79 Å². The normalized spacial score (nSPS) is 22.3. The molecule has 0 radical (unpaired) electrons. The topological polar surface area (TPSA) is 82.4 Å². The van der Waals surface area contributed by atoms with Crippen LogP contribution in [0.15, 0.2) is 71.4 Å². The van der Waals surface area contributed by atoms with Gasteiger partial charge < -0.3 is 19.9 Å². The third kappa shape index (κ3) is 5.28. The van der Waals surface area contributed by atoms with E-state index in [-0.39, 0.29) is 11.3 Å². The molecule has 8 heteroatoms. The van der Waals surface area contributed by atoms with Crippen molar-refractivity contribution in [3.05, 3.63) is 61.4 Å². The van der Waals surface area contributed by atoms with Crippen molar-refractivity contribution in [1.29, 1.82) is 0 Å². The molecule has 2 aliphatic rings. The van der Waals surface area contributed by atoms with E-state index in [4.69, 9.17) is 9.73 Å². The molecule has 2 saturated heterocycles. The zero-order valence-corrected chi connectivity index (χ0v) is 19.2. The van der Waals surface area contributed by atoms with Gasteiger partial charge in [0.1, 0.15) is 11.7 Å². The summed E-state index contributed by atoms with van der Waals surface area (Å²) in [6.45, 7) is 8.06. The minimum atomic E-state index is -0.0890. The summed E-state index contributed by atoms with van der Waals surface area (Å²) in [5, 5.41) is 3.28. The van der Waals surface area contributed by atoms with Crippen LogP contribution in [0.5, 0.6) is 0 Å². The van der Waals surface area contributed by atoms with Crippen molar-refractivity contribution >= 4 is 34.9 Å². The molecule has 0 spiro atoms. The number of aromatic nitrogens is 1. The first-order valence-electron chi connectivity index (χ1n) is 11.1. The van der Waals surface area contributed by atoms with Crippen molar-refractivity contribution in [1.82, 2.24) is 4.98 Å². The molecule has 0 bridgehead atoms. The van der Waals surface area contributed by atoms with Gasteiger partial charge in [0.25, 0.3) is 0 Å². The van der Waals surface area contributed by atoms with Crippen LogP contribution in [0.1, 0.15) is 26.2 Å². The summed E-state index contributed by atoms with van der Waals surface area (Å²) in [7, 11) is 1.72. The van der Waals surface area contributed by atoms with Crippen LogP contribution in [-0.4, -0.2) is 49.5 Å². The Morgan fingerprint density at radius 3 is 2.73 bits per heavy atom. The van der Waals surface area contributed by atoms with Gasteiger partial charge in [0, 0.05) is 62.2 Å². The van der Waals surface area contributed by atoms with Crippen LogP contribution in [0.25, 0.3) is 0 Å². The SMILES string of the molecule is C=CN=C(/N=C1\C[C@](C)(COC)CN1c1ccccn1)Nc1ccc(N2CCCC2=O)cc1. The van der Waals surface area contributed by atoms with E-state index in [0.29, 0.717) is 19.0 Å². The van der Waals surface area contributed by atoms with Crippen LogP contribution in [0, 0.1) is 5.41 Å². The molecule has 3 heterocycles. The molecular formula is C25H30N6O2. The molecule has 172 valence electrons. The van der Waals surface area contributed by atoms with Gasteiger partial charge in [-0.1, -0.05) is 19.6 Å². The lowest BCUT2D eigenvalue weighted by atomic mass is 9.91. The van der Waals surface area contributed by atoms with Crippen molar-refractivity contribution in [3.63, 3.8) is 0 Å². The number of guanidine groups is 1. The lowest BCUT2D eigenvalue weighted by Crippen LogP contribution is -2.30. The third-order valence-electron chi connectivity index (χ3n) is 5.81. The average Bonchev–Trinajstić information content (AvgIpc) is 3.38. The van der Waals surface area contributed by atoms with Gasteiger partial charge in [-0.2, -0.15) is 4.99 Å². The lowest BCUT2D eigenvalue weighted by molar-refractivity contribution is -0.117. The summed E-state index contributed by atoms with van der Waals surface area (Å²) >= 11 is 0. The number of ether oxygens (including phenoxy) is 1. The molecule has 2 fully saturated rings. The quantitative estimate of drug-likeness (QED) is 0.534. The maximum atomic E-state index is 12.0. The van der Waals surface area contributed by atoms with Gasteiger partial charge >= 0.3 is 0 Å². The first kappa shape index (κ1) is 22.7. The molecular weight excluding hydrogens is 416 g/mol. The number of hydrogen-bond donors (Lipinski definition) is 1. The summed E-state index contributed by atoms with van der Waals surface area (Å²) in [6, 6.07) is 13.6. The Kier molecular flexibility index (Phi) is 6.84. The molecule has 1 aromatic carbocycles. The Morgan fingerprint density at radius 1 is 1.27 bits per heavy atom. The van der Waals surface area contributed by atoms with Crippen molar-refractivity contribution in [2.24, 2.45) is 15.4 Å². The molecule has 1 atom stereocenters. The van der Waals surface area contributed by atoms with Gasteiger partial charge in [-0.25, -0.2) is 9.98 Å². The van der Waals surface area contributed by atoms with Crippen molar-refractivity contribution in [3.8, 4) is 0 Å². The molecule has 0 unspecified atom stereocenters. The fraction of sp³-hybridized carbons (Fsp3) is 0.360. The second kappa shape index (κ2) is 9.95. The predicted molar refractivity (Wildman–Crippen MR) is 133 cm³/mol. The maximum absolute atomic E-state index is 12.0. The van der Waals surface area contributed by atoms with E-state index in [1.807, 2.05) is 47.4 Å². The van der Waals surface area contributed by atoms with Crippen LogP contribution >= 0.6 is 0 Å². The first-order chi connectivity index (χ1) is 16.0. The van der Waals surface area contributed by atoms with Gasteiger partial charge in [-0.05, 0) is 42.8 Å². The van der Waals surface area contributed by atoms with Crippen LogP contribution in [0.3, 0.4) is 0 Å². The number of rotatable bonds is 6. The largest absolute Gasteiger partial charge is 0.384 e. The Bertz CT molecular complexity index is 1050. The number of nitrogens with one attached hydrogen (secondary N) is 1. The van der Waals surface area contributed by atoms with Gasteiger partial charge in [0.2, 0.25) is 11.9 Å². The van der Waals surface area contributed by atoms with E-state index in [1.54, 1.807) is 13.3 Å².